The number of hydrogen-bond donors (Lipinski definition) is 1. The van der Waals surface area contributed by atoms with Crippen LogP contribution in [0.3, 0.4) is 0 Å². The molecular formula is C114H100Cl2F5NO10S11. The van der Waals surface area contributed by atoms with Gasteiger partial charge in [-0.2, -0.15) is 0 Å². The Morgan fingerprint density at radius 1 is 0.371 bits per heavy atom. The lowest BCUT2D eigenvalue weighted by atomic mass is 9.90. The van der Waals surface area contributed by atoms with E-state index in [9.17, 15) is 70.2 Å². The summed E-state index contributed by atoms with van der Waals surface area (Å²) in [4.78, 5) is 117. The molecule has 9 aromatic carbocycles. The molecule has 29 heteroatoms. The zero-order valence-electron chi connectivity index (χ0n) is 79.9. The zero-order valence-corrected chi connectivity index (χ0v) is 90.4. The van der Waals surface area contributed by atoms with Crippen LogP contribution < -0.4 is 0 Å². The highest BCUT2D eigenvalue weighted by atomic mass is 35.5. The first kappa shape index (κ1) is 112. The predicted octanol–water partition coefficient (Wildman–Crippen LogP) is 32.6. The van der Waals surface area contributed by atoms with Crippen molar-refractivity contribution in [2.45, 2.75) is 152 Å². The maximum absolute atomic E-state index is 13.5. The molecule has 11 aromatic rings. The van der Waals surface area contributed by atoms with Crippen molar-refractivity contribution in [3.05, 3.63) is 429 Å². The second kappa shape index (κ2) is 54.1. The fourth-order valence-corrected chi connectivity index (χ4v) is 26.8. The summed E-state index contributed by atoms with van der Waals surface area (Å²) >= 11 is 28.8. The van der Waals surface area contributed by atoms with Gasteiger partial charge in [0.25, 0.3) is 0 Å². The standard InChI is InChI=1S/C17H12F2OS2.C12H11FOS.C12H14OS.C11H9ClOS.2C11H9FOS.C11H12O.C10H7ClOS.C10H9NOS.C9H8OS2/c1-10-2-4-13(7-15(10)19)21-8-11-9-22-16-5-3-12(18)6-14(16)17(11)20;1-3-11-12(14)9-4-7(2)10(13)5-8(9)6-15-11;1-3-9-7-14-11-5-4-8(2)6-10(11)12(9)13;1-2-7-6-14-10-4-3-8(12)5-9(10)11(7)13;1-2-10-11(13)9-5-8(12)4-3-7(9)6-14-10;1-2-7-6-14-10-4-3-8(12)5-9(10)11(7)13;1-8-5-6-9-3-2-4-11(12)10(9)7-8;11-5-9-10(12)8-4-2-1-3-7(8)6-13-9;1-2-7-6-13-10-8(9(7)12)4-3-5-11-10;1-2-6-5-12-9-7(8(6)10)3-4-11-9/h2-8H,9H2,1H3;3-5H,6H2,1-2H3;3-6,12-13H,7H2,1-2H3;3*2-5H,6H2,1H3;5-7H,2-4H2,1H3;1-5H,6H2;2-5H,6H2,1H3;2-4H,5H2,1H3/b11-8+;11-3-;9-3+;7-2+;10-2-;7-2+;;9-5-;7-2+;6-2+. The highest BCUT2D eigenvalue weighted by molar-refractivity contribution is 8.04. The molecule has 11 nitrogen and oxygen atoms in total. The van der Waals surface area contributed by atoms with Crippen LogP contribution in [-0.2, 0) is 23.7 Å². The third-order valence-electron chi connectivity index (χ3n) is 23.3. The van der Waals surface area contributed by atoms with Gasteiger partial charge in [0.2, 0.25) is 5.78 Å². The minimum absolute atomic E-state index is 0.0202. The van der Waals surface area contributed by atoms with Gasteiger partial charge < -0.3 is 5.11 Å². The molecule has 0 fully saturated rings. The van der Waals surface area contributed by atoms with E-state index in [-0.39, 0.29) is 69.5 Å². The number of Topliss-reactive ketones (excluding diaryl/α,β-unsaturated/α-hetero) is 9. The lowest BCUT2D eigenvalue weighted by Gasteiger charge is -2.24. The quantitative estimate of drug-likeness (QED) is 0.0744. The van der Waals surface area contributed by atoms with Crippen molar-refractivity contribution in [2.75, 3.05) is 34.5 Å². The highest BCUT2D eigenvalue weighted by Gasteiger charge is 2.31. The van der Waals surface area contributed by atoms with Crippen LogP contribution in [0.2, 0.25) is 5.02 Å². The van der Waals surface area contributed by atoms with Gasteiger partial charge in [0.15, 0.2) is 46.3 Å². The molecule has 10 aliphatic rings. The van der Waals surface area contributed by atoms with Crippen LogP contribution >= 0.6 is 152 Å². The molecule has 1 atom stereocenters. The van der Waals surface area contributed by atoms with E-state index in [1.807, 2.05) is 152 Å². The number of aliphatic hydroxyl groups is 1. The molecule has 0 spiro atoms. The largest absolute Gasteiger partial charge is 0.384 e. The molecule has 1 N–H and O–H groups in total. The topological polar surface area (TPSA) is 187 Å². The van der Waals surface area contributed by atoms with Crippen molar-refractivity contribution in [1.29, 1.82) is 0 Å². The zero-order chi connectivity index (χ0) is 103. The average molecular weight is 2160 g/mol. The van der Waals surface area contributed by atoms with Crippen LogP contribution in [0.4, 0.5) is 22.0 Å². The Kier molecular flexibility index (Phi) is 42.3. The number of pyridine rings is 1. The van der Waals surface area contributed by atoms with Crippen LogP contribution in [-0.4, -0.2) is 96.7 Å². The van der Waals surface area contributed by atoms with Crippen molar-refractivity contribution in [3.8, 4) is 0 Å². The molecule has 736 valence electrons. The van der Waals surface area contributed by atoms with E-state index in [1.54, 1.807) is 150 Å². The number of ketones is 9. The molecule has 9 aliphatic heterocycles. The number of aromatic nitrogens is 1. The van der Waals surface area contributed by atoms with Crippen molar-refractivity contribution in [3.63, 3.8) is 0 Å². The summed E-state index contributed by atoms with van der Waals surface area (Å²) in [5.41, 5.74) is 21.3. The number of hydrogen-bond acceptors (Lipinski definition) is 22. The van der Waals surface area contributed by atoms with Gasteiger partial charge in [-0.3, -0.25) is 43.2 Å². The van der Waals surface area contributed by atoms with E-state index in [1.165, 1.54) is 139 Å². The molecule has 0 saturated carbocycles. The number of thioether (sulfide) groups is 10. The molecule has 11 heterocycles. The lowest BCUT2D eigenvalue weighted by molar-refractivity contribution is 0.0968. The number of aliphatic hydroxyl groups excluding tert-OH is 1. The Labute approximate surface area is 887 Å². The van der Waals surface area contributed by atoms with E-state index in [2.05, 4.69) is 42.2 Å². The second-order valence-electron chi connectivity index (χ2n) is 32.8. The number of nitrogens with zero attached hydrogens (tertiary/aromatic N) is 1. The number of allylic oxidation sites excluding steroid dienone is 10. The van der Waals surface area contributed by atoms with Gasteiger partial charge in [0, 0.05) is 172 Å². The van der Waals surface area contributed by atoms with E-state index in [4.69, 9.17) is 23.2 Å². The summed E-state index contributed by atoms with van der Waals surface area (Å²) in [6, 6.07) is 52.2. The van der Waals surface area contributed by atoms with E-state index in [0.29, 0.717) is 76.8 Å². The third-order valence-corrected chi connectivity index (χ3v) is 36.1. The van der Waals surface area contributed by atoms with Crippen LogP contribution in [0, 0.1) is 56.8 Å². The first-order valence-electron chi connectivity index (χ1n) is 45.3. The van der Waals surface area contributed by atoms with Gasteiger partial charge in [-0.25, -0.2) is 26.9 Å². The highest BCUT2D eigenvalue weighted by Crippen LogP contribution is 2.44. The molecule has 143 heavy (non-hydrogen) atoms. The van der Waals surface area contributed by atoms with Crippen molar-refractivity contribution >= 4 is 204 Å². The molecule has 0 amide bonds. The number of thiophene rings is 1. The van der Waals surface area contributed by atoms with Crippen LogP contribution in [0.1, 0.15) is 211 Å². The van der Waals surface area contributed by atoms with Crippen molar-refractivity contribution in [2.24, 2.45) is 0 Å². The summed E-state index contributed by atoms with van der Waals surface area (Å²) in [6.07, 6.45) is 17.2. The first-order chi connectivity index (χ1) is 68.8. The molecule has 2 aromatic heterocycles. The number of rotatable bonds is 2. The Morgan fingerprint density at radius 2 is 0.853 bits per heavy atom. The maximum Gasteiger partial charge on any atom is 0.200 e. The minimum Gasteiger partial charge on any atom is -0.384 e. The van der Waals surface area contributed by atoms with E-state index in [0.717, 1.165) is 161 Å². The number of aryl methyl sites for hydroxylation is 5. The normalized spacial score (nSPS) is 18.5. The van der Waals surface area contributed by atoms with E-state index >= 15 is 0 Å². The number of fused-ring (bicyclic) bond motifs is 10. The van der Waals surface area contributed by atoms with Crippen LogP contribution in [0.15, 0.2) is 329 Å². The predicted molar refractivity (Wildman–Crippen MR) is 590 cm³/mol. The number of carbonyl (C=O) groups is 9. The molecular weight excluding hydrogens is 2060 g/mol. The average Bonchev–Trinajstić information content (AvgIpc) is 1.47. The molecule has 1 aliphatic carbocycles. The molecule has 0 radical (unpaired) electrons. The van der Waals surface area contributed by atoms with Crippen molar-refractivity contribution in [1.82, 2.24) is 4.98 Å². The Bertz CT molecular complexity index is 6820. The van der Waals surface area contributed by atoms with Crippen LogP contribution in [0.5, 0.6) is 0 Å². The maximum atomic E-state index is 13.5. The summed E-state index contributed by atoms with van der Waals surface area (Å²) in [7, 11) is 0. The van der Waals surface area contributed by atoms with Gasteiger partial charge in [-0.05, 0) is 266 Å². The summed E-state index contributed by atoms with van der Waals surface area (Å²) in [5, 5.41) is 15.3. The van der Waals surface area contributed by atoms with Gasteiger partial charge in [0.05, 0.1) is 24.5 Å². The smallest absolute Gasteiger partial charge is 0.200 e. The Balaban J connectivity index is 0.000000142. The van der Waals surface area contributed by atoms with Crippen molar-refractivity contribution < 1.29 is 70.2 Å². The molecule has 0 saturated heterocycles. The SMILES string of the molecule is C/C=C1\CSc2ccc(C)cc2C1O.C/C=C1\CSc2ccc(Cl)cc2C1=O.C/C=C1\CSc2ccc(F)cc2C1=O.C/C=C1\CSc2ncccc2C1=O.C/C=C1\CSc2sccc2C1=O.C/C=C1\SCc2cc(F)c(C)cc2C1=O.C/C=C1\SCc2ccc(F)cc2C1=O.Cc1ccc(S/C=C2\CSc3ccc(F)cc3C2=O)cc1F.Cc1ccc2c(c1)C(=O)CCC2.O=C1/C(=C/Cl)SCc2ccccc21. The summed E-state index contributed by atoms with van der Waals surface area (Å²) in [5.74, 6) is 5.73. The molecule has 1 unspecified atom stereocenters. The minimum atomic E-state index is -0.415. The van der Waals surface area contributed by atoms with Gasteiger partial charge in [-0.1, -0.05) is 149 Å². The number of benzene rings is 9. The fourth-order valence-electron chi connectivity index (χ4n) is 15.2. The molecule has 0 bridgehead atoms. The molecule has 21 rings (SSSR count). The monoisotopic (exact) mass is 2160 g/mol. The third kappa shape index (κ3) is 29.2. The first-order valence-corrected chi connectivity index (χ1v) is 56.8. The fraction of sp³-hybridized carbons (Fsp3) is 0.211. The van der Waals surface area contributed by atoms with Gasteiger partial charge in [0.1, 0.15) is 40.2 Å². The Morgan fingerprint density at radius 3 is 1.46 bits per heavy atom. The van der Waals surface area contributed by atoms with Gasteiger partial charge in [-0.15, -0.1) is 117 Å². The summed E-state index contributed by atoms with van der Waals surface area (Å²) in [6.45, 7) is 20.7. The summed E-state index contributed by atoms with van der Waals surface area (Å²) < 4.78 is 67.1. The Hall–Kier alpha value is -9.79. The number of carbonyl (C=O) groups excluding carboxylic acids is 9. The lowest BCUT2D eigenvalue weighted by Crippen LogP contribution is -2.12. The van der Waals surface area contributed by atoms with Gasteiger partial charge >= 0.3 is 0 Å². The van der Waals surface area contributed by atoms with Crippen LogP contribution in [0.25, 0.3) is 0 Å². The van der Waals surface area contributed by atoms with E-state index < -0.39 is 11.9 Å². The number of halogens is 7. The second-order valence-corrected chi connectivity index (χ2v) is 44.6.